The van der Waals surface area contributed by atoms with Crippen molar-refractivity contribution in [3.8, 4) is 18.2 Å². The van der Waals surface area contributed by atoms with E-state index in [1.807, 2.05) is 0 Å². The van der Waals surface area contributed by atoms with Crippen molar-refractivity contribution in [1.82, 2.24) is 0 Å². The number of nitrogens with one attached hydrogen (secondary N) is 1. The Morgan fingerprint density at radius 3 is 2.33 bits per heavy atom. The number of halogens is 3. The number of rotatable bonds is 2. The molecule has 0 aliphatic rings. The van der Waals surface area contributed by atoms with Gasteiger partial charge in [0, 0.05) is 4.47 Å². The summed E-state index contributed by atoms with van der Waals surface area (Å²) in [5.41, 5.74) is -0.988. The Hall–Kier alpha value is -2.07. The van der Waals surface area contributed by atoms with Crippen molar-refractivity contribution in [3.63, 3.8) is 0 Å². The van der Waals surface area contributed by atoms with Crippen LogP contribution in [-0.2, 0) is 0 Å². The molecule has 0 spiro atoms. The standard InChI is InChI=1S/C11H3BrClFN4/c12-7-1-2-8(14)11(10(7)13)18-9(5-17)6(3-15)4-16/h1-2,18H. The van der Waals surface area contributed by atoms with Gasteiger partial charge in [-0.3, -0.25) is 0 Å². The van der Waals surface area contributed by atoms with E-state index in [0.717, 1.165) is 6.07 Å². The maximum absolute atomic E-state index is 13.5. The van der Waals surface area contributed by atoms with Crippen LogP contribution in [0.5, 0.6) is 0 Å². The van der Waals surface area contributed by atoms with Gasteiger partial charge in [0.05, 0.1) is 10.7 Å². The molecule has 88 valence electrons. The van der Waals surface area contributed by atoms with E-state index < -0.39 is 11.4 Å². The van der Waals surface area contributed by atoms with Crippen molar-refractivity contribution < 1.29 is 4.39 Å². The molecule has 1 N–H and O–H groups in total. The van der Waals surface area contributed by atoms with Gasteiger partial charge in [0.2, 0.25) is 0 Å². The molecule has 0 saturated heterocycles. The van der Waals surface area contributed by atoms with E-state index in [0.29, 0.717) is 4.47 Å². The average Bonchev–Trinajstić information content (AvgIpc) is 2.38. The van der Waals surface area contributed by atoms with Crippen LogP contribution in [0, 0.1) is 39.8 Å². The highest BCUT2D eigenvalue weighted by atomic mass is 79.9. The Morgan fingerprint density at radius 1 is 1.22 bits per heavy atom. The zero-order valence-electron chi connectivity index (χ0n) is 8.63. The van der Waals surface area contributed by atoms with Crippen LogP contribution >= 0.6 is 27.5 Å². The molecule has 1 aromatic carbocycles. The number of nitrogens with zero attached hydrogens (tertiary/aromatic N) is 3. The zero-order valence-corrected chi connectivity index (χ0v) is 11.0. The lowest BCUT2D eigenvalue weighted by Crippen LogP contribution is -2.03. The SMILES string of the molecule is N#CC(C#N)=C(C#N)Nc1c(F)ccc(Br)c1Cl. The van der Waals surface area contributed by atoms with Crippen molar-refractivity contribution in [2.75, 3.05) is 5.32 Å². The maximum Gasteiger partial charge on any atom is 0.163 e. The van der Waals surface area contributed by atoms with Gasteiger partial charge in [0.25, 0.3) is 0 Å². The highest BCUT2D eigenvalue weighted by molar-refractivity contribution is 9.10. The predicted molar refractivity (Wildman–Crippen MR) is 66.6 cm³/mol. The number of hydrogen-bond donors (Lipinski definition) is 1. The van der Waals surface area contributed by atoms with Gasteiger partial charge in [-0.15, -0.1) is 0 Å². The van der Waals surface area contributed by atoms with Crippen LogP contribution < -0.4 is 5.32 Å². The molecule has 0 aliphatic carbocycles. The summed E-state index contributed by atoms with van der Waals surface area (Å²) in [5.74, 6) is -0.703. The smallest absolute Gasteiger partial charge is 0.163 e. The molecule has 0 aliphatic heterocycles. The molecule has 1 aromatic rings. The topological polar surface area (TPSA) is 83.4 Å². The van der Waals surface area contributed by atoms with Gasteiger partial charge in [-0.2, -0.15) is 15.8 Å². The summed E-state index contributed by atoms with van der Waals surface area (Å²) in [4.78, 5) is 0. The van der Waals surface area contributed by atoms with Crippen LogP contribution in [0.15, 0.2) is 27.9 Å². The summed E-state index contributed by atoms with van der Waals surface area (Å²) >= 11 is 8.94. The first-order valence-corrected chi connectivity index (χ1v) is 5.57. The van der Waals surface area contributed by atoms with Crippen molar-refractivity contribution in [2.45, 2.75) is 0 Å². The molecule has 0 amide bonds. The minimum absolute atomic E-state index is 0.0120. The number of nitriles is 3. The second-order valence-electron chi connectivity index (χ2n) is 2.93. The zero-order chi connectivity index (χ0) is 13.7. The second-order valence-corrected chi connectivity index (χ2v) is 4.16. The van der Waals surface area contributed by atoms with E-state index in [1.165, 1.54) is 18.2 Å². The molecular weight excluding hydrogens is 323 g/mol. The Kier molecular flexibility index (Phi) is 4.68. The van der Waals surface area contributed by atoms with Gasteiger partial charge in [-0.1, -0.05) is 11.6 Å². The highest BCUT2D eigenvalue weighted by Crippen LogP contribution is 2.33. The molecule has 0 radical (unpaired) electrons. The Morgan fingerprint density at radius 2 is 1.83 bits per heavy atom. The first-order chi connectivity index (χ1) is 8.54. The molecule has 0 unspecified atom stereocenters. The molecule has 4 nitrogen and oxygen atoms in total. The summed E-state index contributed by atoms with van der Waals surface area (Å²) in [5, 5.41) is 28.5. The molecule has 0 fully saturated rings. The lowest BCUT2D eigenvalue weighted by atomic mass is 10.2. The quantitative estimate of drug-likeness (QED) is 0.666. The lowest BCUT2D eigenvalue weighted by Gasteiger charge is -2.09. The first kappa shape index (κ1) is 14.0. The molecule has 0 atom stereocenters. The average molecular weight is 326 g/mol. The number of allylic oxidation sites excluding steroid dienone is 2. The van der Waals surface area contributed by atoms with Gasteiger partial charge in [0.1, 0.15) is 29.7 Å². The fourth-order valence-corrected chi connectivity index (χ4v) is 1.58. The van der Waals surface area contributed by atoms with Gasteiger partial charge in [-0.05, 0) is 28.1 Å². The Bertz CT molecular complexity index is 633. The minimum Gasteiger partial charge on any atom is -0.341 e. The highest BCUT2D eigenvalue weighted by Gasteiger charge is 2.14. The Labute approximate surface area is 116 Å². The van der Waals surface area contributed by atoms with Crippen molar-refractivity contribution in [1.29, 1.82) is 15.8 Å². The monoisotopic (exact) mass is 324 g/mol. The number of benzene rings is 1. The van der Waals surface area contributed by atoms with E-state index in [9.17, 15) is 4.39 Å². The lowest BCUT2D eigenvalue weighted by molar-refractivity contribution is 0.631. The molecule has 0 bridgehead atoms. The van der Waals surface area contributed by atoms with E-state index >= 15 is 0 Å². The van der Waals surface area contributed by atoms with Gasteiger partial charge in [0.15, 0.2) is 5.57 Å². The van der Waals surface area contributed by atoms with Crippen LogP contribution in [-0.4, -0.2) is 0 Å². The molecule has 7 heteroatoms. The first-order valence-electron chi connectivity index (χ1n) is 4.40. The third-order valence-electron chi connectivity index (χ3n) is 1.88. The van der Waals surface area contributed by atoms with Crippen molar-refractivity contribution in [3.05, 3.63) is 38.7 Å². The third kappa shape index (κ3) is 2.78. The van der Waals surface area contributed by atoms with E-state index in [1.54, 1.807) is 6.07 Å². The van der Waals surface area contributed by atoms with E-state index in [4.69, 9.17) is 27.4 Å². The molecule has 0 aromatic heterocycles. The fourth-order valence-electron chi connectivity index (χ4n) is 1.05. The summed E-state index contributed by atoms with van der Waals surface area (Å²) in [6.07, 6.45) is 0. The second kappa shape index (κ2) is 6.02. The van der Waals surface area contributed by atoms with Crippen LogP contribution in [0.4, 0.5) is 10.1 Å². The van der Waals surface area contributed by atoms with Crippen LogP contribution in [0.25, 0.3) is 0 Å². The number of hydrogen-bond acceptors (Lipinski definition) is 4. The van der Waals surface area contributed by atoms with Gasteiger partial charge >= 0.3 is 0 Å². The van der Waals surface area contributed by atoms with Crippen LogP contribution in [0.2, 0.25) is 5.02 Å². The maximum atomic E-state index is 13.5. The van der Waals surface area contributed by atoms with Crippen LogP contribution in [0.1, 0.15) is 0 Å². The molecule has 18 heavy (non-hydrogen) atoms. The van der Waals surface area contributed by atoms with Crippen LogP contribution in [0.3, 0.4) is 0 Å². The largest absolute Gasteiger partial charge is 0.341 e. The van der Waals surface area contributed by atoms with E-state index in [-0.39, 0.29) is 16.4 Å². The van der Waals surface area contributed by atoms with E-state index in [2.05, 4.69) is 21.2 Å². The fraction of sp³-hybridized carbons (Fsp3) is 0. The summed E-state index contributed by atoms with van der Waals surface area (Å²) < 4.78 is 14.0. The minimum atomic E-state index is -0.703. The molecule has 0 heterocycles. The predicted octanol–water partition coefficient (Wildman–Crippen LogP) is 3.48. The third-order valence-corrected chi connectivity index (χ3v) is 3.16. The molecule has 1 rings (SSSR count). The summed E-state index contributed by atoms with van der Waals surface area (Å²) in [7, 11) is 0. The van der Waals surface area contributed by atoms with Gasteiger partial charge in [-0.25, -0.2) is 4.39 Å². The summed E-state index contributed by atoms with van der Waals surface area (Å²) in [6, 6.07) is 7.20. The van der Waals surface area contributed by atoms with Crippen molar-refractivity contribution >= 4 is 33.2 Å². The molecule has 0 saturated carbocycles. The Balaban J connectivity index is 3.34. The number of anilines is 1. The summed E-state index contributed by atoms with van der Waals surface area (Å²) in [6.45, 7) is 0. The van der Waals surface area contributed by atoms with Gasteiger partial charge < -0.3 is 5.32 Å². The van der Waals surface area contributed by atoms with Crippen molar-refractivity contribution in [2.24, 2.45) is 0 Å². The molecular formula is C11H3BrClFN4. The normalized spacial score (nSPS) is 8.67.